The van der Waals surface area contributed by atoms with Gasteiger partial charge in [-0.1, -0.05) is 18.6 Å². The van der Waals surface area contributed by atoms with Crippen LogP contribution in [-0.4, -0.2) is 29.0 Å². The van der Waals surface area contributed by atoms with E-state index in [-0.39, 0.29) is 17.9 Å². The van der Waals surface area contributed by atoms with E-state index in [1.54, 1.807) is 24.5 Å². The van der Waals surface area contributed by atoms with Crippen LogP contribution in [0.1, 0.15) is 42.9 Å². The van der Waals surface area contributed by atoms with Gasteiger partial charge in [0, 0.05) is 25.5 Å². The molecule has 1 spiro atoms. The summed E-state index contributed by atoms with van der Waals surface area (Å²) in [6, 6.07) is 9.70. The second-order valence-electron chi connectivity index (χ2n) is 7.24. The monoisotopic (exact) mass is 339 g/mol. The average Bonchev–Trinajstić information content (AvgIpc) is 3.08. The van der Waals surface area contributed by atoms with Crippen molar-refractivity contribution >= 4 is 6.03 Å². The second kappa shape index (κ2) is 6.47. The molecule has 1 aromatic carbocycles. The second-order valence-corrected chi connectivity index (χ2v) is 7.24. The van der Waals surface area contributed by atoms with E-state index in [1.807, 2.05) is 17.0 Å². The Labute approximate surface area is 147 Å². The number of carbonyl (C=O) groups is 1. The zero-order valence-electron chi connectivity index (χ0n) is 14.1. The van der Waals surface area contributed by atoms with Crippen molar-refractivity contribution in [2.45, 2.75) is 31.7 Å². The molecule has 4 nitrogen and oxygen atoms in total. The summed E-state index contributed by atoms with van der Waals surface area (Å²) in [6.45, 7) is 1.67. The zero-order valence-corrected chi connectivity index (χ0v) is 14.1. The predicted molar refractivity (Wildman–Crippen MR) is 93.5 cm³/mol. The lowest BCUT2D eigenvalue weighted by molar-refractivity contribution is 0.140. The molecule has 1 saturated heterocycles. The third-order valence-corrected chi connectivity index (χ3v) is 5.65. The Bertz CT molecular complexity index is 743. The number of nitrogens with one attached hydrogen (secondary N) is 1. The lowest BCUT2D eigenvalue weighted by Crippen LogP contribution is -2.42. The lowest BCUT2D eigenvalue weighted by atomic mass is 9.68. The van der Waals surface area contributed by atoms with Crippen molar-refractivity contribution in [3.63, 3.8) is 0 Å². The van der Waals surface area contributed by atoms with Crippen molar-refractivity contribution in [1.82, 2.24) is 15.2 Å². The van der Waals surface area contributed by atoms with E-state index in [0.29, 0.717) is 5.41 Å². The summed E-state index contributed by atoms with van der Waals surface area (Å²) in [6.07, 6.45) is 8.28. The van der Waals surface area contributed by atoms with Crippen molar-refractivity contribution in [3.8, 4) is 0 Å². The Hall–Kier alpha value is -2.43. The molecule has 1 aliphatic heterocycles. The van der Waals surface area contributed by atoms with Crippen LogP contribution in [0.25, 0.3) is 0 Å². The molecule has 1 atom stereocenters. The maximum absolute atomic E-state index is 13.3. The molecule has 2 fully saturated rings. The minimum absolute atomic E-state index is 0.0464. The molecule has 25 heavy (non-hydrogen) atoms. The number of hydrogen-bond donors (Lipinski definition) is 1. The van der Waals surface area contributed by atoms with Gasteiger partial charge in [0.2, 0.25) is 0 Å². The molecule has 1 saturated carbocycles. The number of aromatic nitrogens is 1. The minimum Gasteiger partial charge on any atom is -0.327 e. The van der Waals surface area contributed by atoms with Gasteiger partial charge in [-0.3, -0.25) is 4.98 Å². The highest BCUT2D eigenvalue weighted by Gasteiger charge is 2.44. The number of hydrogen-bond acceptors (Lipinski definition) is 2. The van der Waals surface area contributed by atoms with E-state index in [9.17, 15) is 9.18 Å². The Balaban J connectivity index is 1.54. The summed E-state index contributed by atoms with van der Waals surface area (Å²) in [7, 11) is 0. The Morgan fingerprint density at radius 3 is 2.36 bits per heavy atom. The van der Waals surface area contributed by atoms with Gasteiger partial charge < -0.3 is 10.2 Å². The van der Waals surface area contributed by atoms with Crippen molar-refractivity contribution in [1.29, 1.82) is 0 Å². The van der Waals surface area contributed by atoms with E-state index < -0.39 is 0 Å². The van der Waals surface area contributed by atoms with Gasteiger partial charge in [0.1, 0.15) is 5.82 Å². The normalized spacial score (nSPS) is 19.5. The third kappa shape index (κ3) is 3.23. The van der Waals surface area contributed by atoms with Crippen LogP contribution < -0.4 is 5.32 Å². The topological polar surface area (TPSA) is 45.2 Å². The van der Waals surface area contributed by atoms with Crippen LogP contribution in [0.3, 0.4) is 0 Å². The number of nitrogens with zero attached hydrogens (tertiary/aromatic N) is 2. The summed E-state index contributed by atoms with van der Waals surface area (Å²) in [5.41, 5.74) is 2.17. The summed E-state index contributed by atoms with van der Waals surface area (Å²) in [4.78, 5) is 18.8. The fraction of sp³-hybridized carbons (Fsp3) is 0.400. The number of benzene rings is 1. The van der Waals surface area contributed by atoms with Gasteiger partial charge in [-0.25, -0.2) is 9.18 Å². The highest BCUT2D eigenvalue weighted by Crippen LogP contribution is 2.47. The molecule has 1 N–H and O–H groups in total. The Morgan fingerprint density at radius 2 is 1.76 bits per heavy atom. The van der Waals surface area contributed by atoms with Crippen LogP contribution >= 0.6 is 0 Å². The molecular formula is C20H22FN3O. The van der Waals surface area contributed by atoms with Crippen molar-refractivity contribution in [3.05, 3.63) is 65.7 Å². The van der Waals surface area contributed by atoms with E-state index in [4.69, 9.17) is 0 Å². The van der Waals surface area contributed by atoms with Crippen LogP contribution in [0, 0.1) is 11.2 Å². The van der Waals surface area contributed by atoms with Gasteiger partial charge in [0.25, 0.3) is 0 Å². The number of carbonyl (C=O) groups excluding carboxylic acids is 1. The van der Waals surface area contributed by atoms with Crippen LogP contribution in [0.2, 0.25) is 0 Å². The quantitative estimate of drug-likeness (QED) is 0.922. The molecule has 2 amide bonds. The molecule has 2 heterocycles. The van der Waals surface area contributed by atoms with Gasteiger partial charge in [0.15, 0.2) is 0 Å². The van der Waals surface area contributed by atoms with E-state index in [1.165, 1.54) is 31.4 Å². The van der Waals surface area contributed by atoms with Gasteiger partial charge in [-0.05, 0) is 60.1 Å². The molecule has 0 radical (unpaired) electrons. The van der Waals surface area contributed by atoms with Crippen LogP contribution in [0.5, 0.6) is 0 Å². The third-order valence-electron chi connectivity index (χ3n) is 5.65. The average molecular weight is 339 g/mol. The van der Waals surface area contributed by atoms with Crippen LogP contribution in [0.4, 0.5) is 9.18 Å². The van der Waals surface area contributed by atoms with Gasteiger partial charge >= 0.3 is 6.03 Å². The molecule has 2 aliphatic rings. The van der Waals surface area contributed by atoms with Gasteiger partial charge in [-0.2, -0.15) is 0 Å². The largest absolute Gasteiger partial charge is 0.327 e. The van der Waals surface area contributed by atoms with Crippen LogP contribution in [0.15, 0.2) is 48.8 Å². The standard InChI is InChI=1S/C20H22FN3O/c21-17-4-2-15(3-5-17)18(16-6-11-22-12-7-16)23-19(25)24-13-10-20(14-24)8-1-9-20/h2-7,11-12,18H,1,8-10,13-14H2,(H,23,25). The summed E-state index contributed by atoms with van der Waals surface area (Å²) < 4.78 is 13.3. The summed E-state index contributed by atoms with van der Waals surface area (Å²) in [5.74, 6) is -0.282. The highest BCUT2D eigenvalue weighted by molar-refractivity contribution is 5.75. The number of amides is 2. The molecule has 1 aromatic heterocycles. The summed E-state index contributed by atoms with van der Waals surface area (Å²) >= 11 is 0. The maximum Gasteiger partial charge on any atom is 0.318 e. The first kappa shape index (κ1) is 16.1. The fourth-order valence-corrected chi connectivity index (χ4v) is 3.98. The smallest absolute Gasteiger partial charge is 0.318 e. The van der Waals surface area contributed by atoms with Crippen LogP contribution in [-0.2, 0) is 0 Å². The van der Waals surface area contributed by atoms with Crippen molar-refractivity contribution < 1.29 is 9.18 Å². The van der Waals surface area contributed by atoms with Crippen molar-refractivity contribution in [2.24, 2.45) is 5.41 Å². The van der Waals surface area contributed by atoms with Crippen molar-refractivity contribution in [2.75, 3.05) is 13.1 Å². The number of urea groups is 1. The lowest BCUT2D eigenvalue weighted by Gasteiger charge is -2.38. The number of halogens is 1. The molecule has 1 aliphatic carbocycles. The molecule has 0 bridgehead atoms. The van der Waals surface area contributed by atoms with Gasteiger partial charge in [-0.15, -0.1) is 0 Å². The zero-order chi connectivity index (χ0) is 17.3. The molecule has 4 rings (SSSR count). The Kier molecular flexibility index (Phi) is 4.15. The molecular weight excluding hydrogens is 317 g/mol. The van der Waals surface area contributed by atoms with E-state index in [2.05, 4.69) is 10.3 Å². The predicted octanol–water partition coefficient (Wildman–Crippen LogP) is 3.90. The molecule has 5 heteroatoms. The highest BCUT2D eigenvalue weighted by atomic mass is 19.1. The molecule has 2 aromatic rings. The Morgan fingerprint density at radius 1 is 1.08 bits per heavy atom. The molecule has 130 valence electrons. The maximum atomic E-state index is 13.3. The summed E-state index contributed by atoms with van der Waals surface area (Å²) in [5, 5.41) is 3.13. The number of likely N-dealkylation sites (tertiary alicyclic amines) is 1. The van der Waals surface area contributed by atoms with Gasteiger partial charge in [0.05, 0.1) is 6.04 Å². The van der Waals surface area contributed by atoms with E-state index in [0.717, 1.165) is 30.6 Å². The first-order valence-corrected chi connectivity index (χ1v) is 8.86. The van der Waals surface area contributed by atoms with E-state index >= 15 is 0 Å². The SMILES string of the molecule is O=C(NC(c1ccncc1)c1ccc(F)cc1)N1CCC2(CCC2)C1. The first-order valence-electron chi connectivity index (χ1n) is 8.86. The number of pyridine rings is 1. The first-order chi connectivity index (χ1) is 12.2. The fourth-order valence-electron chi connectivity index (χ4n) is 3.98. The molecule has 1 unspecified atom stereocenters. The minimum atomic E-state index is -0.311. The number of rotatable bonds is 3.